The molecule has 0 N–H and O–H groups in total. The third-order valence-electron chi connectivity index (χ3n) is 2.66. The molecule has 3 nitrogen and oxygen atoms in total. The number of hydrogen-bond donors (Lipinski definition) is 0. The lowest BCUT2D eigenvalue weighted by Crippen LogP contribution is -1.92. The topological polar surface area (TPSA) is 35.0 Å². The van der Waals surface area contributed by atoms with E-state index in [1.165, 1.54) is 24.5 Å². The van der Waals surface area contributed by atoms with Crippen molar-refractivity contribution >= 4 is 38.4 Å². The van der Waals surface area contributed by atoms with Gasteiger partial charge in [0, 0.05) is 5.02 Å². The fraction of sp³-hybridized carbons (Fsp3) is 0. The Morgan fingerprint density at radius 3 is 2.75 bits per heavy atom. The van der Waals surface area contributed by atoms with Crippen molar-refractivity contribution in [3.63, 3.8) is 0 Å². The number of benzene rings is 2. The Bertz CT molecular complexity index is 797. The van der Waals surface area contributed by atoms with Crippen LogP contribution in [0.2, 0.25) is 5.02 Å². The SMILES string of the molecule is Fc1ccc(Oc2ncnc3cc(Cl)ccc23)c(Br)c1. The minimum Gasteiger partial charge on any atom is -0.437 e. The first kappa shape index (κ1) is 13.3. The van der Waals surface area contributed by atoms with Crippen LogP contribution in [-0.4, -0.2) is 9.97 Å². The molecule has 0 spiro atoms. The summed E-state index contributed by atoms with van der Waals surface area (Å²) in [5, 5.41) is 1.32. The monoisotopic (exact) mass is 352 g/mol. The van der Waals surface area contributed by atoms with E-state index in [0.717, 1.165) is 5.39 Å². The van der Waals surface area contributed by atoms with Crippen LogP contribution in [0.1, 0.15) is 0 Å². The number of nitrogens with zero attached hydrogens (tertiary/aromatic N) is 2. The van der Waals surface area contributed by atoms with Gasteiger partial charge in [-0.15, -0.1) is 0 Å². The second kappa shape index (κ2) is 5.34. The van der Waals surface area contributed by atoms with E-state index in [1.807, 2.05) is 0 Å². The zero-order valence-corrected chi connectivity index (χ0v) is 12.3. The zero-order chi connectivity index (χ0) is 14.1. The Hall–Kier alpha value is -1.72. The van der Waals surface area contributed by atoms with Crippen LogP contribution < -0.4 is 4.74 Å². The molecule has 3 rings (SSSR count). The van der Waals surface area contributed by atoms with Crippen LogP contribution in [0, 0.1) is 5.82 Å². The number of hydrogen-bond acceptors (Lipinski definition) is 3. The Kier molecular flexibility index (Phi) is 3.54. The summed E-state index contributed by atoms with van der Waals surface area (Å²) < 4.78 is 19.3. The maximum Gasteiger partial charge on any atom is 0.230 e. The van der Waals surface area contributed by atoms with E-state index in [9.17, 15) is 4.39 Å². The van der Waals surface area contributed by atoms with Crippen LogP contribution >= 0.6 is 27.5 Å². The molecule has 0 radical (unpaired) electrons. The molecule has 20 heavy (non-hydrogen) atoms. The molecule has 0 unspecified atom stereocenters. The Balaban J connectivity index is 2.06. The van der Waals surface area contributed by atoms with Crippen LogP contribution in [-0.2, 0) is 0 Å². The summed E-state index contributed by atoms with van der Waals surface area (Å²) in [6, 6.07) is 9.43. The number of fused-ring (bicyclic) bond motifs is 1. The van der Waals surface area contributed by atoms with E-state index in [-0.39, 0.29) is 5.82 Å². The Morgan fingerprint density at radius 2 is 1.95 bits per heavy atom. The van der Waals surface area contributed by atoms with Crippen molar-refractivity contribution < 1.29 is 9.13 Å². The van der Waals surface area contributed by atoms with Crippen molar-refractivity contribution in [1.82, 2.24) is 9.97 Å². The van der Waals surface area contributed by atoms with Crippen LogP contribution in [0.25, 0.3) is 10.9 Å². The molecule has 1 aromatic heterocycles. The van der Waals surface area contributed by atoms with Gasteiger partial charge in [0.05, 0.1) is 15.4 Å². The summed E-state index contributed by atoms with van der Waals surface area (Å²) in [4.78, 5) is 8.24. The first-order valence-corrected chi connectivity index (χ1v) is 6.84. The van der Waals surface area contributed by atoms with Crippen LogP contribution in [0.4, 0.5) is 4.39 Å². The lowest BCUT2D eigenvalue weighted by molar-refractivity contribution is 0.463. The lowest BCUT2D eigenvalue weighted by Gasteiger charge is -2.09. The number of halogens is 3. The highest BCUT2D eigenvalue weighted by Gasteiger charge is 2.09. The molecule has 0 aliphatic rings. The van der Waals surface area contributed by atoms with Gasteiger partial charge in [-0.2, -0.15) is 0 Å². The molecule has 6 heteroatoms. The fourth-order valence-electron chi connectivity index (χ4n) is 1.75. The van der Waals surface area contributed by atoms with E-state index in [1.54, 1.807) is 18.2 Å². The van der Waals surface area contributed by atoms with Gasteiger partial charge in [-0.05, 0) is 52.3 Å². The van der Waals surface area contributed by atoms with Gasteiger partial charge >= 0.3 is 0 Å². The summed E-state index contributed by atoms with van der Waals surface area (Å²) in [7, 11) is 0. The van der Waals surface area contributed by atoms with Gasteiger partial charge in [0.15, 0.2) is 0 Å². The summed E-state index contributed by atoms with van der Waals surface area (Å²) in [5.41, 5.74) is 0.681. The van der Waals surface area contributed by atoms with Crippen LogP contribution in [0.3, 0.4) is 0 Å². The van der Waals surface area contributed by atoms with Gasteiger partial charge in [-0.25, -0.2) is 14.4 Å². The molecule has 0 bridgehead atoms. The Morgan fingerprint density at radius 1 is 1.10 bits per heavy atom. The predicted octanol–water partition coefficient (Wildman–Crippen LogP) is 4.98. The van der Waals surface area contributed by atoms with Gasteiger partial charge in [0.1, 0.15) is 17.9 Å². The highest BCUT2D eigenvalue weighted by atomic mass is 79.9. The smallest absolute Gasteiger partial charge is 0.230 e. The summed E-state index contributed by atoms with van der Waals surface area (Å²) in [6.45, 7) is 0. The average Bonchev–Trinajstić information content (AvgIpc) is 2.41. The first-order valence-electron chi connectivity index (χ1n) is 5.66. The summed E-state index contributed by atoms with van der Waals surface area (Å²) in [6.07, 6.45) is 1.39. The van der Waals surface area contributed by atoms with Gasteiger partial charge in [0.25, 0.3) is 0 Å². The van der Waals surface area contributed by atoms with Gasteiger partial charge in [0.2, 0.25) is 5.88 Å². The van der Waals surface area contributed by atoms with E-state index in [2.05, 4.69) is 25.9 Å². The van der Waals surface area contributed by atoms with Crippen molar-refractivity contribution in [1.29, 1.82) is 0 Å². The fourth-order valence-corrected chi connectivity index (χ4v) is 2.35. The maximum absolute atomic E-state index is 13.1. The molecule has 0 aliphatic heterocycles. The molecule has 100 valence electrons. The standard InChI is InChI=1S/C14H7BrClFN2O/c15-11-6-9(17)2-4-13(11)20-14-10-3-1-8(16)5-12(10)18-7-19-14/h1-7H. The highest BCUT2D eigenvalue weighted by molar-refractivity contribution is 9.10. The minimum absolute atomic E-state index is 0.344. The predicted molar refractivity (Wildman–Crippen MR) is 78.7 cm³/mol. The van der Waals surface area contributed by atoms with Crippen molar-refractivity contribution in [3.8, 4) is 11.6 Å². The average molecular weight is 354 g/mol. The summed E-state index contributed by atoms with van der Waals surface area (Å²) >= 11 is 9.17. The van der Waals surface area contributed by atoms with Gasteiger partial charge in [-0.1, -0.05) is 11.6 Å². The highest BCUT2D eigenvalue weighted by Crippen LogP contribution is 2.32. The second-order valence-corrected chi connectivity index (χ2v) is 5.31. The van der Waals surface area contributed by atoms with Gasteiger partial charge < -0.3 is 4.74 Å². The van der Waals surface area contributed by atoms with E-state index >= 15 is 0 Å². The first-order chi connectivity index (χ1) is 9.63. The van der Waals surface area contributed by atoms with Crippen molar-refractivity contribution in [2.45, 2.75) is 0 Å². The number of aromatic nitrogens is 2. The molecule has 0 amide bonds. The van der Waals surface area contributed by atoms with Crippen molar-refractivity contribution in [3.05, 3.63) is 58.0 Å². The molecule has 0 saturated heterocycles. The molecule has 1 heterocycles. The normalized spacial score (nSPS) is 10.8. The molecule has 0 aliphatic carbocycles. The molecular formula is C14H7BrClFN2O. The number of rotatable bonds is 2. The second-order valence-electron chi connectivity index (χ2n) is 4.02. The van der Waals surface area contributed by atoms with Gasteiger partial charge in [-0.3, -0.25) is 0 Å². The number of ether oxygens (including phenoxy) is 1. The van der Waals surface area contributed by atoms with Crippen molar-refractivity contribution in [2.24, 2.45) is 0 Å². The minimum atomic E-state index is -0.344. The largest absolute Gasteiger partial charge is 0.437 e. The van der Waals surface area contributed by atoms with Crippen LogP contribution in [0.5, 0.6) is 11.6 Å². The van der Waals surface area contributed by atoms with E-state index in [0.29, 0.717) is 26.6 Å². The third kappa shape index (κ3) is 2.59. The third-order valence-corrected chi connectivity index (χ3v) is 3.52. The zero-order valence-electron chi connectivity index (χ0n) is 9.98. The molecule has 0 atom stereocenters. The molecule has 3 aromatic rings. The Labute approximate surface area is 127 Å². The maximum atomic E-state index is 13.1. The van der Waals surface area contributed by atoms with E-state index < -0.39 is 0 Å². The molecule has 0 fully saturated rings. The van der Waals surface area contributed by atoms with Crippen molar-refractivity contribution in [2.75, 3.05) is 0 Å². The quantitative estimate of drug-likeness (QED) is 0.652. The lowest BCUT2D eigenvalue weighted by atomic mass is 10.2. The molecular weight excluding hydrogens is 347 g/mol. The molecule has 2 aromatic carbocycles. The van der Waals surface area contributed by atoms with E-state index in [4.69, 9.17) is 16.3 Å². The molecule has 0 saturated carbocycles. The van der Waals surface area contributed by atoms with Crippen LogP contribution in [0.15, 0.2) is 47.2 Å². The summed E-state index contributed by atoms with van der Waals surface area (Å²) in [5.74, 6) is 0.517.